The zero-order valence-electron chi connectivity index (χ0n) is 11.7. The van der Waals surface area contributed by atoms with Crippen LogP contribution in [0.2, 0.25) is 0 Å². The molecule has 3 rings (SSSR count). The molecule has 1 aromatic carbocycles. The maximum atomic E-state index is 9.35. The second-order valence-electron chi connectivity index (χ2n) is 6.39. The lowest BCUT2D eigenvalue weighted by molar-refractivity contribution is -0.347. The smallest absolute Gasteiger partial charge is 0.147 e. The summed E-state index contributed by atoms with van der Waals surface area (Å²) in [6.45, 7) is 8.21. The fourth-order valence-corrected chi connectivity index (χ4v) is 4.03. The van der Waals surface area contributed by atoms with E-state index >= 15 is 0 Å². The average Bonchev–Trinajstić information content (AvgIpc) is 2.69. The Hall–Kier alpha value is -0.580. The maximum Gasteiger partial charge on any atom is 0.147 e. The number of benzene rings is 1. The van der Waals surface area contributed by atoms with Gasteiger partial charge in [0, 0.05) is 15.5 Å². The zero-order chi connectivity index (χ0) is 14.1. The van der Waals surface area contributed by atoms with Gasteiger partial charge in [-0.05, 0) is 51.3 Å². The number of rotatable bonds is 1. The number of hydrogen-bond donors (Lipinski definition) is 1. The van der Waals surface area contributed by atoms with Crippen LogP contribution >= 0.6 is 15.9 Å². The van der Waals surface area contributed by atoms with Gasteiger partial charge in [-0.25, -0.2) is 4.89 Å². The second-order valence-corrected chi connectivity index (χ2v) is 7.24. The van der Waals surface area contributed by atoms with Gasteiger partial charge in [0.05, 0.1) is 0 Å². The molecule has 3 atom stereocenters. The molecule has 1 aromatic rings. The van der Waals surface area contributed by atoms with Crippen LogP contribution in [-0.4, -0.2) is 16.5 Å². The van der Waals surface area contributed by atoms with E-state index in [2.05, 4.69) is 35.0 Å². The predicted octanol–water partition coefficient (Wildman–Crippen LogP) is 4.21. The molecular formula is C15H19BrO3. The lowest BCUT2D eigenvalue weighted by atomic mass is 9.70. The van der Waals surface area contributed by atoms with Crippen LogP contribution in [0.25, 0.3) is 0 Å². The third-order valence-corrected chi connectivity index (χ3v) is 6.39. The quantitative estimate of drug-likeness (QED) is 0.620. The highest BCUT2D eigenvalue weighted by molar-refractivity contribution is 9.10. The molecule has 0 saturated heterocycles. The van der Waals surface area contributed by atoms with Crippen LogP contribution in [0.3, 0.4) is 0 Å². The highest BCUT2D eigenvalue weighted by Gasteiger charge is 2.69. The van der Waals surface area contributed by atoms with Crippen LogP contribution in [-0.2, 0) is 10.3 Å². The first-order valence-corrected chi connectivity index (χ1v) is 7.39. The molecule has 0 radical (unpaired) electrons. The standard InChI is InChI=1S/C15H19BrO3/c1-9-7-12-10(8-11(9)16)13(2)5-6-14(3,19-17)15(13,4)18-12/h7-8,17H,5-6H2,1-4H3. The summed E-state index contributed by atoms with van der Waals surface area (Å²) in [5, 5.41) is 9.35. The monoisotopic (exact) mass is 326 g/mol. The minimum absolute atomic E-state index is 0.143. The van der Waals surface area contributed by atoms with Gasteiger partial charge in [-0.1, -0.05) is 22.9 Å². The lowest BCUT2D eigenvalue weighted by Crippen LogP contribution is -2.57. The molecule has 1 aliphatic carbocycles. The Bertz CT molecular complexity index is 559. The van der Waals surface area contributed by atoms with Crippen molar-refractivity contribution in [3.05, 3.63) is 27.7 Å². The van der Waals surface area contributed by atoms with Crippen LogP contribution in [0.4, 0.5) is 0 Å². The molecule has 0 aromatic heterocycles. The van der Waals surface area contributed by atoms with E-state index in [9.17, 15) is 5.26 Å². The molecule has 4 heteroatoms. The summed E-state index contributed by atoms with van der Waals surface area (Å²) in [5.74, 6) is 0.911. The Kier molecular flexibility index (Phi) is 2.64. The van der Waals surface area contributed by atoms with Gasteiger partial charge in [0.25, 0.3) is 0 Å². The molecule has 1 heterocycles. The zero-order valence-corrected chi connectivity index (χ0v) is 13.3. The number of aryl methyl sites for hydroxylation is 1. The van der Waals surface area contributed by atoms with Crippen LogP contribution in [0.15, 0.2) is 16.6 Å². The highest BCUT2D eigenvalue weighted by Crippen LogP contribution is 2.62. The van der Waals surface area contributed by atoms with Gasteiger partial charge in [-0.15, -0.1) is 0 Å². The molecule has 0 amide bonds. The Morgan fingerprint density at radius 2 is 1.95 bits per heavy atom. The van der Waals surface area contributed by atoms with Crippen LogP contribution in [0.1, 0.15) is 44.7 Å². The maximum absolute atomic E-state index is 9.35. The largest absolute Gasteiger partial charge is 0.483 e. The molecule has 3 nitrogen and oxygen atoms in total. The van der Waals surface area contributed by atoms with Crippen molar-refractivity contribution in [2.45, 2.75) is 57.2 Å². The first-order chi connectivity index (χ1) is 8.77. The summed E-state index contributed by atoms with van der Waals surface area (Å²) in [6, 6.07) is 4.21. The van der Waals surface area contributed by atoms with Gasteiger partial charge in [0.15, 0.2) is 0 Å². The third-order valence-electron chi connectivity index (χ3n) is 5.53. The number of hydrogen-bond acceptors (Lipinski definition) is 3. The highest BCUT2D eigenvalue weighted by atomic mass is 79.9. The summed E-state index contributed by atoms with van der Waals surface area (Å²) < 4.78 is 7.35. The first kappa shape index (κ1) is 13.4. The summed E-state index contributed by atoms with van der Waals surface area (Å²) in [7, 11) is 0. The van der Waals surface area contributed by atoms with Crippen LogP contribution < -0.4 is 4.74 Å². The molecule has 1 saturated carbocycles. The van der Waals surface area contributed by atoms with Crippen molar-refractivity contribution in [1.29, 1.82) is 0 Å². The normalized spacial score (nSPS) is 39.9. The van der Waals surface area contributed by atoms with Crippen molar-refractivity contribution in [3.63, 3.8) is 0 Å². The summed E-state index contributed by atoms with van der Waals surface area (Å²) in [6.07, 6.45) is 1.71. The first-order valence-electron chi connectivity index (χ1n) is 6.60. The van der Waals surface area contributed by atoms with Crippen molar-refractivity contribution in [3.8, 4) is 5.75 Å². The lowest BCUT2D eigenvalue weighted by Gasteiger charge is -2.41. The van der Waals surface area contributed by atoms with Gasteiger partial charge >= 0.3 is 0 Å². The van der Waals surface area contributed by atoms with Gasteiger partial charge in [0.1, 0.15) is 17.0 Å². The Labute approximate surface area is 122 Å². The van der Waals surface area contributed by atoms with E-state index in [4.69, 9.17) is 9.62 Å². The number of ether oxygens (including phenoxy) is 1. The predicted molar refractivity (Wildman–Crippen MR) is 76.6 cm³/mol. The minimum Gasteiger partial charge on any atom is -0.483 e. The Morgan fingerprint density at radius 3 is 2.58 bits per heavy atom. The van der Waals surface area contributed by atoms with E-state index in [1.807, 2.05) is 20.8 Å². The van der Waals surface area contributed by atoms with E-state index in [1.165, 1.54) is 5.56 Å². The van der Waals surface area contributed by atoms with Gasteiger partial charge in [-0.3, -0.25) is 5.26 Å². The minimum atomic E-state index is -0.679. The number of halogens is 1. The van der Waals surface area contributed by atoms with Crippen LogP contribution in [0, 0.1) is 6.92 Å². The molecule has 19 heavy (non-hydrogen) atoms. The molecule has 1 aliphatic heterocycles. The van der Waals surface area contributed by atoms with E-state index < -0.39 is 11.2 Å². The molecule has 0 bridgehead atoms. The summed E-state index contributed by atoms with van der Waals surface area (Å²) in [4.78, 5) is 4.84. The topological polar surface area (TPSA) is 38.7 Å². The van der Waals surface area contributed by atoms with E-state index in [0.29, 0.717) is 0 Å². The van der Waals surface area contributed by atoms with Crippen LogP contribution in [0.5, 0.6) is 5.75 Å². The van der Waals surface area contributed by atoms with Crippen molar-refractivity contribution in [1.82, 2.24) is 0 Å². The SMILES string of the molecule is Cc1cc2c(cc1Br)C1(C)CCC(C)(OO)C1(C)O2. The van der Waals surface area contributed by atoms with E-state index in [0.717, 1.165) is 28.6 Å². The van der Waals surface area contributed by atoms with Crippen molar-refractivity contribution in [2.24, 2.45) is 0 Å². The molecule has 104 valence electrons. The van der Waals surface area contributed by atoms with Gasteiger partial charge in [0.2, 0.25) is 0 Å². The van der Waals surface area contributed by atoms with E-state index in [-0.39, 0.29) is 5.41 Å². The molecule has 3 unspecified atom stereocenters. The molecule has 0 spiro atoms. The number of fused-ring (bicyclic) bond motifs is 3. The second kappa shape index (κ2) is 3.74. The van der Waals surface area contributed by atoms with E-state index in [1.54, 1.807) is 0 Å². The molecule has 1 N–H and O–H groups in total. The molecular weight excluding hydrogens is 308 g/mol. The molecule has 1 fully saturated rings. The van der Waals surface area contributed by atoms with Gasteiger partial charge in [-0.2, -0.15) is 0 Å². The fraction of sp³-hybridized carbons (Fsp3) is 0.600. The summed E-state index contributed by atoms with van der Waals surface area (Å²) >= 11 is 3.60. The van der Waals surface area contributed by atoms with Crippen molar-refractivity contribution >= 4 is 15.9 Å². The van der Waals surface area contributed by atoms with Crippen molar-refractivity contribution < 1.29 is 14.9 Å². The molecule has 2 aliphatic rings. The van der Waals surface area contributed by atoms with Crippen molar-refractivity contribution in [2.75, 3.05) is 0 Å². The fourth-order valence-electron chi connectivity index (χ4n) is 3.68. The average molecular weight is 327 g/mol. The Morgan fingerprint density at radius 1 is 1.26 bits per heavy atom. The Balaban J connectivity index is 2.21. The summed E-state index contributed by atoms with van der Waals surface area (Å²) in [5.41, 5.74) is 0.979. The van der Waals surface area contributed by atoms with Gasteiger partial charge < -0.3 is 4.74 Å². The third kappa shape index (κ3) is 1.40.